The smallest absolute Gasteiger partial charge is 0.137 e. The Hall–Kier alpha value is -2.06. The summed E-state index contributed by atoms with van der Waals surface area (Å²) in [5.41, 5.74) is 2.03. The largest absolute Gasteiger partial charge is 0.458 e. The van der Waals surface area contributed by atoms with Crippen molar-refractivity contribution in [3.05, 3.63) is 71.5 Å². The Bertz CT molecular complexity index is 724. The maximum Gasteiger partial charge on any atom is 0.137 e. The number of aryl methyl sites for hydroxylation is 1. The van der Waals surface area contributed by atoms with Crippen LogP contribution in [0.15, 0.2) is 59.0 Å². The zero-order chi connectivity index (χ0) is 14.2. The van der Waals surface area contributed by atoms with Crippen molar-refractivity contribution >= 4 is 11.0 Å². The maximum absolute atomic E-state index is 10.7. The van der Waals surface area contributed by atoms with Gasteiger partial charge in [0.2, 0.25) is 0 Å². The number of hydrogen-bond donors (Lipinski definition) is 1. The van der Waals surface area contributed by atoms with Gasteiger partial charge < -0.3 is 9.52 Å². The molecule has 0 aliphatic heterocycles. The normalized spacial score (nSPS) is 14.3. The number of rotatable bonds is 3. The first-order valence-corrected chi connectivity index (χ1v) is 6.82. The van der Waals surface area contributed by atoms with Gasteiger partial charge in [-0.15, -0.1) is 0 Å². The molecule has 0 bridgehead atoms. The van der Waals surface area contributed by atoms with Crippen molar-refractivity contribution in [1.82, 2.24) is 0 Å². The van der Waals surface area contributed by atoms with E-state index in [1.54, 1.807) is 6.92 Å². The molecular formula is C18H18O2. The van der Waals surface area contributed by atoms with Gasteiger partial charge in [0.15, 0.2) is 0 Å². The van der Waals surface area contributed by atoms with E-state index in [-0.39, 0.29) is 0 Å². The minimum atomic E-state index is -1.01. The van der Waals surface area contributed by atoms with E-state index in [2.05, 4.69) is 0 Å². The van der Waals surface area contributed by atoms with Gasteiger partial charge in [0.05, 0.1) is 0 Å². The third-order valence-electron chi connectivity index (χ3n) is 3.66. The first kappa shape index (κ1) is 12.9. The van der Waals surface area contributed by atoms with Crippen molar-refractivity contribution in [2.45, 2.75) is 25.9 Å². The lowest BCUT2D eigenvalue weighted by Gasteiger charge is -2.20. The molecule has 20 heavy (non-hydrogen) atoms. The van der Waals surface area contributed by atoms with Gasteiger partial charge in [-0.3, -0.25) is 0 Å². The molecule has 0 fully saturated rings. The van der Waals surface area contributed by atoms with E-state index in [1.165, 1.54) is 0 Å². The number of hydrogen-bond acceptors (Lipinski definition) is 2. The van der Waals surface area contributed by atoms with Crippen molar-refractivity contribution in [2.75, 3.05) is 0 Å². The van der Waals surface area contributed by atoms with E-state index in [9.17, 15) is 5.11 Å². The molecule has 2 heteroatoms. The Kier molecular flexibility index (Phi) is 3.11. The number of fused-ring (bicyclic) bond motifs is 1. The molecule has 1 atom stereocenters. The minimum Gasteiger partial charge on any atom is -0.458 e. The van der Waals surface area contributed by atoms with Crippen LogP contribution in [0.5, 0.6) is 0 Å². The van der Waals surface area contributed by atoms with Crippen LogP contribution in [0.4, 0.5) is 0 Å². The highest BCUT2D eigenvalue weighted by Crippen LogP contribution is 2.31. The fourth-order valence-corrected chi connectivity index (χ4v) is 2.55. The number of aliphatic hydroxyl groups is 1. The van der Waals surface area contributed by atoms with Gasteiger partial charge in [-0.25, -0.2) is 0 Å². The molecule has 0 amide bonds. The van der Waals surface area contributed by atoms with Gasteiger partial charge in [-0.2, -0.15) is 0 Å². The SMILES string of the molecule is Cc1cccc2cc(C(C)(O)Cc3ccccc3)oc12. The predicted octanol–water partition coefficient (Wildman–Crippen LogP) is 4.19. The van der Waals surface area contributed by atoms with Crippen LogP contribution in [-0.4, -0.2) is 5.11 Å². The first-order valence-electron chi connectivity index (χ1n) is 6.82. The van der Waals surface area contributed by atoms with Crippen LogP contribution in [0, 0.1) is 6.92 Å². The zero-order valence-corrected chi connectivity index (χ0v) is 11.8. The highest BCUT2D eigenvalue weighted by Gasteiger charge is 2.28. The number of furan rings is 1. The van der Waals surface area contributed by atoms with Gasteiger partial charge in [-0.05, 0) is 31.0 Å². The molecule has 0 radical (unpaired) electrons. The molecule has 0 aliphatic rings. The average Bonchev–Trinajstić information content (AvgIpc) is 2.86. The third-order valence-corrected chi connectivity index (χ3v) is 3.66. The quantitative estimate of drug-likeness (QED) is 0.771. The second-order valence-corrected chi connectivity index (χ2v) is 5.54. The van der Waals surface area contributed by atoms with Crippen molar-refractivity contribution in [3.8, 4) is 0 Å². The van der Waals surface area contributed by atoms with Crippen molar-refractivity contribution < 1.29 is 9.52 Å². The second kappa shape index (κ2) is 4.80. The van der Waals surface area contributed by atoms with E-state index in [0.29, 0.717) is 12.2 Å². The van der Waals surface area contributed by atoms with Crippen molar-refractivity contribution in [2.24, 2.45) is 0 Å². The van der Waals surface area contributed by atoms with Crippen LogP contribution in [0.1, 0.15) is 23.8 Å². The summed E-state index contributed by atoms with van der Waals surface area (Å²) >= 11 is 0. The van der Waals surface area contributed by atoms with Crippen molar-refractivity contribution in [1.29, 1.82) is 0 Å². The number of benzene rings is 2. The topological polar surface area (TPSA) is 33.4 Å². The highest BCUT2D eigenvalue weighted by atomic mass is 16.4. The molecule has 1 aromatic heterocycles. The summed E-state index contributed by atoms with van der Waals surface area (Å²) in [7, 11) is 0. The highest BCUT2D eigenvalue weighted by molar-refractivity contribution is 5.81. The lowest BCUT2D eigenvalue weighted by Crippen LogP contribution is -2.23. The predicted molar refractivity (Wildman–Crippen MR) is 80.7 cm³/mol. The van der Waals surface area contributed by atoms with Crippen LogP contribution < -0.4 is 0 Å². The van der Waals surface area contributed by atoms with E-state index in [4.69, 9.17) is 4.42 Å². The lowest BCUT2D eigenvalue weighted by atomic mass is 9.94. The summed E-state index contributed by atoms with van der Waals surface area (Å²) < 4.78 is 5.89. The summed E-state index contributed by atoms with van der Waals surface area (Å²) in [6.07, 6.45) is 0.534. The van der Waals surface area contributed by atoms with E-state index < -0.39 is 5.60 Å². The molecule has 0 spiro atoms. The van der Waals surface area contributed by atoms with Gasteiger partial charge in [0.1, 0.15) is 16.9 Å². The van der Waals surface area contributed by atoms with Crippen LogP contribution in [0.3, 0.4) is 0 Å². The molecule has 3 aromatic rings. The maximum atomic E-state index is 10.7. The molecule has 0 saturated carbocycles. The molecule has 102 valence electrons. The molecule has 1 N–H and O–H groups in total. The molecule has 2 nitrogen and oxygen atoms in total. The van der Waals surface area contributed by atoms with Gasteiger partial charge in [0.25, 0.3) is 0 Å². The zero-order valence-electron chi connectivity index (χ0n) is 11.8. The summed E-state index contributed by atoms with van der Waals surface area (Å²) in [6.45, 7) is 3.81. The molecule has 0 saturated heterocycles. The Balaban J connectivity index is 1.98. The van der Waals surface area contributed by atoms with Gasteiger partial charge in [0, 0.05) is 11.8 Å². The summed E-state index contributed by atoms with van der Waals surface area (Å²) in [4.78, 5) is 0. The molecule has 3 rings (SSSR count). The molecule has 0 aliphatic carbocycles. The molecule has 1 heterocycles. The molecular weight excluding hydrogens is 248 g/mol. The monoisotopic (exact) mass is 266 g/mol. The Morgan fingerprint density at radius 3 is 2.50 bits per heavy atom. The molecule has 1 unspecified atom stereocenters. The van der Waals surface area contributed by atoms with E-state index >= 15 is 0 Å². The first-order chi connectivity index (χ1) is 9.56. The van der Waals surface area contributed by atoms with E-state index in [1.807, 2.05) is 61.5 Å². The fraction of sp³-hybridized carbons (Fsp3) is 0.222. The van der Waals surface area contributed by atoms with Crippen LogP contribution in [0.2, 0.25) is 0 Å². The Labute approximate surface area is 118 Å². The third kappa shape index (κ3) is 2.35. The van der Waals surface area contributed by atoms with E-state index in [0.717, 1.165) is 22.1 Å². The molecule has 2 aromatic carbocycles. The lowest BCUT2D eigenvalue weighted by molar-refractivity contribution is 0.0360. The Morgan fingerprint density at radius 1 is 1.05 bits per heavy atom. The minimum absolute atomic E-state index is 0.534. The average molecular weight is 266 g/mol. The van der Waals surface area contributed by atoms with Gasteiger partial charge in [-0.1, -0.05) is 48.5 Å². The fourth-order valence-electron chi connectivity index (χ4n) is 2.55. The van der Waals surface area contributed by atoms with Crippen LogP contribution in [-0.2, 0) is 12.0 Å². The Morgan fingerprint density at radius 2 is 1.80 bits per heavy atom. The van der Waals surface area contributed by atoms with Crippen LogP contribution in [0.25, 0.3) is 11.0 Å². The summed E-state index contributed by atoms with van der Waals surface area (Å²) in [6, 6.07) is 17.9. The van der Waals surface area contributed by atoms with Crippen LogP contribution >= 0.6 is 0 Å². The standard InChI is InChI=1S/C18H18O2/c1-13-7-6-10-15-11-16(20-17(13)15)18(2,19)12-14-8-4-3-5-9-14/h3-11,19H,12H2,1-2H3. The number of para-hydroxylation sites is 1. The second-order valence-electron chi connectivity index (χ2n) is 5.54. The van der Waals surface area contributed by atoms with Gasteiger partial charge >= 0.3 is 0 Å². The van der Waals surface area contributed by atoms with Crippen molar-refractivity contribution in [3.63, 3.8) is 0 Å². The summed E-state index contributed by atoms with van der Waals surface area (Å²) in [5, 5.41) is 11.8. The summed E-state index contributed by atoms with van der Waals surface area (Å²) in [5.74, 6) is 0.616.